The molecule has 0 spiro atoms. The Morgan fingerprint density at radius 1 is 1.00 bits per heavy atom. The first-order valence-electron chi connectivity index (χ1n) is 8.06. The van der Waals surface area contributed by atoms with Crippen LogP contribution in [-0.2, 0) is 9.59 Å². The molecule has 5 nitrogen and oxygen atoms in total. The highest BCUT2D eigenvalue weighted by Crippen LogP contribution is 2.26. The minimum atomic E-state index is -0.654. The summed E-state index contributed by atoms with van der Waals surface area (Å²) in [5, 5.41) is 3.82. The molecule has 1 aliphatic rings. The highest BCUT2D eigenvalue weighted by molar-refractivity contribution is 6.08. The van der Waals surface area contributed by atoms with Crippen LogP contribution in [0.25, 0.3) is 17.0 Å². The predicted molar refractivity (Wildman–Crippen MR) is 96.4 cm³/mol. The highest BCUT2D eigenvalue weighted by atomic mass is 16.2. The Hall–Kier alpha value is -3.34. The molecule has 1 unspecified atom stereocenters. The van der Waals surface area contributed by atoms with E-state index in [2.05, 4.69) is 10.3 Å². The molecule has 3 aromatic rings. The standard InChI is InChI=1S/C20H17N3O2/c1-23-17(11-14-12-21-16-10-6-5-9-15(14)16)19(24)22-18(20(23)25)13-7-3-2-4-8-13/h2-12,18,21H,1H3,(H,22,24). The molecule has 25 heavy (non-hydrogen) atoms. The van der Waals surface area contributed by atoms with E-state index >= 15 is 0 Å². The van der Waals surface area contributed by atoms with Crippen LogP contribution >= 0.6 is 0 Å². The van der Waals surface area contributed by atoms with Gasteiger partial charge in [-0.25, -0.2) is 0 Å². The quantitative estimate of drug-likeness (QED) is 0.709. The van der Waals surface area contributed by atoms with Gasteiger partial charge in [-0.2, -0.15) is 0 Å². The van der Waals surface area contributed by atoms with Gasteiger partial charge in [-0.05, 0) is 17.7 Å². The molecule has 2 N–H and O–H groups in total. The zero-order valence-electron chi connectivity index (χ0n) is 13.7. The first kappa shape index (κ1) is 15.2. The maximum atomic E-state index is 12.7. The number of carbonyl (C=O) groups is 2. The second-order valence-electron chi connectivity index (χ2n) is 6.03. The van der Waals surface area contributed by atoms with Gasteiger partial charge in [0.15, 0.2) is 0 Å². The van der Waals surface area contributed by atoms with Gasteiger partial charge in [0.2, 0.25) is 0 Å². The van der Waals surface area contributed by atoms with Crippen LogP contribution in [0.15, 0.2) is 66.5 Å². The lowest BCUT2D eigenvalue weighted by atomic mass is 10.0. The number of amides is 2. The van der Waals surface area contributed by atoms with Gasteiger partial charge in [-0.3, -0.25) is 9.59 Å². The Kier molecular flexibility index (Phi) is 3.61. The summed E-state index contributed by atoms with van der Waals surface area (Å²) in [5.41, 5.74) is 2.97. The maximum absolute atomic E-state index is 12.7. The fraction of sp³-hybridized carbons (Fsp3) is 0.100. The summed E-state index contributed by atoms with van der Waals surface area (Å²) >= 11 is 0. The van der Waals surface area contributed by atoms with Gasteiger partial charge in [-0.15, -0.1) is 0 Å². The van der Waals surface area contributed by atoms with Crippen molar-refractivity contribution < 1.29 is 9.59 Å². The number of piperazine rings is 1. The van der Waals surface area contributed by atoms with Crippen LogP contribution < -0.4 is 5.32 Å². The first-order chi connectivity index (χ1) is 12.1. The number of aromatic amines is 1. The van der Waals surface area contributed by atoms with Crippen molar-refractivity contribution in [3.63, 3.8) is 0 Å². The van der Waals surface area contributed by atoms with Crippen LogP contribution in [0.1, 0.15) is 17.2 Å². The Morgan fingerprint density at radius 2 is 1.72 bits per heavy atom. The van der Waals surface area contributed by atoms with Crippen molar-refractivity contribution in [1.82, 2.24) is 15.2 Å². The van der Waals surface area contributed by atoms with Crippen LogP contribution in [0.4, 0.5) is 0 Å². The van der Waals surface area contributed by atoms with E-state index in [1.54, 1.807) is 13.1 Å². The van der Waals surface area contributed by atoms with E-state index in [9.17, 15) is 9.59 Å². The molecule has 1 saturated heterocycles. The fourth-order valence-electron chi connectivity index (χ4n) is 3.13. The number of para-hydroxylation sites is 1. The molecule has 1 atom stereocenters. The average molecular weight is 331 g/mol. The average Bonchev–Trinajstić information content (AvgIpc) is 3.05. The molecule has 0 saturated carbocycles. The van der Waals surface area contributed by atoms with E-state index in [1.165, 1.54) is 4.90 Å². The molecule has 0 radical (unpaired) electrons. The van der Waals surface area contributed by atoms with Crippen molar-refractivity contribution in [2.45, 2.75) is 6.04 Å². The molecule has 2 amide bonds. The number of nitrogens with zero attached hydrogens (tertiary/aromatic N) is 1. The summed E-state index contributed by atoms with van der Waals surface area (Å²) in [6.45, 7) is 0. The third-order valence-corrected chi connectivity index (χ3v) is 4.49. The predicted octanol–water partition coefficient (Wildman–Crippen LogP) is 2.84. The van der Waals surface area contributed by atoms with E-state index in [-0.39, 0.29) is 11.8 Å². The lowest BCUT2D eigenvalue weighted by molar-refractivity contribution is -0.139. The number of hydrogen-bond acceptors (Lipinski definition) is 2. The molecular weight excluding hydrogens is 314 g/mol. The Balaban J connectivity index is 1.70. The minimum Gasteiger partial charge on any atom is -0.361 e. The van der Waals surface area contributed by atoms with Crippen LogP contribution in [0.2, 0.25) is 0 Å². The van der Waals surface area contributed by atoms with Crippen molar-refractivity contribution >= 4 is 28.8 Å². The number of hydrogen-bond donors (Lipinski definition) is 2. The molecule has 4 rings (SSSR count). The number of nitrogens with one attached hydrogen (secondary N) is 2. The topological polar surface area (TPSA) is 65.2 Å². The van der Waals surface area contributed by atoms with Crippen molar-refractivity contribution in [2.24, 2.45) is 0 Å². The molecule has 0 aliphatic carbocycles. The molecule has 5 heteroatoms. The Labute approximate surface area is 145 Å². The Morgan fingerprint density at radius 3 is 2.52 bits per heavy atom. The van der Waals surface area contributed by atoms with E-state index in [1.807, 2.05) is 60.8 Å². The number of carbonyl (C=O) groups excluding carboxylic acids is 2. The number of likely N-dealkylation sites (N-methyl/N-ethyl adjacent to an activating group) is 1. The molecule has 2 heterocycles. The van der Waals surface area contributed by atoms with Crippen LogP contribution in [0.5, 0.6) is 0 Å². The van der Waals surface area contributed by atoms with E-state index < -0.39 is 6.04 Å². The minimum absolute atomic E-state index is 0.156. The molecule has 0 bridgehead atoms. The molecule has 124 valence electrons. The summed E-state index contributed by atoms with van der Waals surface area (Å²) < 4.78 is 0. The van der Waals surface area contributed by atoms with Gasteiger partial charge in [0.25, 0.3) is 11.8 Å². The number of H-pyrrole nitrogens is 1. The molecule has 1 aromatic heterocycles. The number of fused-ring (bicyclic) bond motifs is 1. The third kappa shape index (κ3) is 2.59. The van der Waals surface area contributed by atoms with Crippen LogP contribution in [0, 0.1) is 0 Å². The van der Waals surface area contributed by atoms with E-state index in [4.69, 9.17) is 0 Å². The second-order valence-corrected chi connectivity index (χ2v) is 6.03. The number of aromatic nitrogens is 1. The smallest absolute Gasteiger partial charge is 0.268 e. The van der Waals surface area contributed by atoms with Crippen LogP contribution in [-0.4, -0.2) is 28.7 Å². The van der Waals surface area contributed by atoms with Gasteiger partial charge in [0.05, 0.1) is 0 Å². The fourth-order valence-corrected chi connectivity index (χ4v) is 3.13. The summed E-state index contributed by atoms with van der Waals surface area (Å²) in [5.74, 6) is -0.418. The zero-order valence-corrected chi connectivity index (χ0v) is 13.7. The SMILES string of the molecule is CN1C(=O)C(c2ccccc2)NC(=O)C1=Cc1c[nH]c2ccccc12. The maximum Gasteiger partial charge on any atom is 0.268 e. The van der Waals surface area contributed by atoms with Crippen molar-refractivity contribution in [3.05, 3.63) is 77.6 Å². The lowest BCUT2D eigenvalue weighted by Gasteiger charge is -2.32. The number of benzene rings is 2. The van der Waals surface area contributed by atoms with Crippen LogP contribution in [0.3, 0.4) is 0 Å². The van der Waals surface area contributed by atoms with E-state index in [0.717, 1.165) is 22.0 Å². The summed E-state index contributed by atoms with van der Waals surface area (Å²) in [6.07, 6.45) is 3.58. The summed E-state index contributed by atoms with van der Waals surface area (Å²) in [6, 6.07) is 16.5. The highest BCUT2D eigenvalue weighted by Gasteiger charge is 2.35. The molecule has 1 aliphatic heterocycles. The van der Waals surface area contributed by atoms with Gasteiger partial charge in [0.1, 0.15) is 11.7 Å². The van der Waals surface area contributed by atoms with Crippen molar-refractivity contribution in [3.8, 4) is 0 Å². The van der Waals surface area contributed by atoms with Gasteiger partial charge < -0.3 is 15.2 Å². The lowest BCUT2D eigenvalue weighted by Crippen LogP contribution is -2.50. The Bertz CT molecular complexity index is 988. The normalized spacial score (nSPS) is 19.5. The molecular formula is C20H17N3O2. The van der Waals surface area contributed by atoms with Gasteiger partial charge >= 0.3 is 0 Å². The van der Waals surface area contributed by atoms with Gasteiger partial charge in [-0.1, -0.05) is 48.5 Å². The molecule has 2 aromatic carbocycles. The number of rotatable bonds is 2. The monoisotopic (exact) mass is 331 g/mol. The third-order valence-electron chi connectivity index (χ3n) is 4.49. The summed E-state index contributed by atoms with van der Waals surface area (Å²) in [4.78, 5) is 30.0. The van der Waals surface area contributed by atoms with Gasteiger partial charge in [0, 0.05) is 29.7 Å². The second kappa shape index (κ2) is 5.94. The zero-order chi connectivity index (χ0) is 17.4. The summed E-state index contributed by atoms with van der Waals surface area (Å²) in [7, 11) is 1.64. The van der Waals surface area contributed by atoms with Crippen molar-refractivity contribution in [2.75, 3.05) is 7.05 Å². The van der Waals surface area contributed by atoms with E-state index in [0.29, 0.717) is 5.70 Å². The largest absolute Gasteiger partial charge is 0.361 e. The molecule has 1 fully saturated rings. The first-order valence-corrected chi connectivity index (χ1v) is 8.06. The van der Waals surface area contributed by atoms with Crippen molar-refractivity contribution in [1.29, 1.82) is 0 Å².